The summed E-state index contributed by atoms with van der Waals surface area (Å²) < 4.78 is 27.9. The SMILES string of the molecule is NS(=O)(=O)c1ccccc1C1CCOC1. The molecule has 82 valence electrons. The van der Waals surface area contributed by atoms with Crippen molar-refractivity contribution in [1.82, 2.24) is 0 Å². The minimum absolute atomic E-state index is 0.152. The van der Waals surface area contributed by atoms with E-state index < -0.39 is 10.0 Å². The summed E-state index contributed by atoms with van der Waals surface area (Å²) in [6.45, 7) is 1.26. The van der Waals surface area contributed by atoms with Crippen molar-refractivity contribution in [2.75, 3.05) is 13.2 Å². The molecule has 0 spiro atoms. The first-order valence-electron chi connectivity index (χ1n) is 4.78. The van der Waals surface area contributed by atoms with Crippen LogP contribution in [0.25, 0.3) is 0 Å². The van der Waals surface area contributed by atoms with Gasteiger partial charge in [0, 0.05) is 12.5 Å². The number of benzene rings is 1. The van der Waals surface area contributed by atoms with E-state index >= 15 is 0 Å². The predicted octanol–water partition coefficient (Wildman–Crippen LogP) is 0.838. The van der Waals surface area contributed by atoms with Crippen molar-refractivity contribution in [3.63, 3.8) is 0 Å². The second-order valence-electron chi connectivity index (χ2n) is 3.64. The molecule has 0 saturated carbocycles. The van der Waals surface area contributed by atoms with Gasteiger partial charge in [0.05, 0.1) is 11.5 Å². The molecule has 2 N–H and O–H groups in total. The Morgan fingerprint density at radius 1 is 1.33 bits per heavy atom. The molecule has 0 aromatic heterocycles. The van der Waals surface area contributed by atoms with Gasteiger partial charge in [0.1, 0.15) is 0 Å². The van der Waals surface area contributed by atoms with Crippen LogP contribution in [-0.4, -0.2) is 21.6 Å². The van der Waals surface area contributed by atoms with Crippen molar-refractivity contribution in [2.45, 2.75) is 17.2 Å². The molecule has 4 nitrogen and oxygen atoms in total. The van der Waals surface area contributed by atoms with Gasteiger partial charge in [0.15, 0.2) is 0 Å². The number of primary sulfonamides is 1. The molecule has 1 aliphatic heterocycles. The highest BCUT2D eigenvalue weighted by atomic mass is 32.2. The zero-order chi connectivity index (χ0) is 10.9. The van der Waals surface area contributed by atoms with Gasteiger partial charge < -0.3 is 4.74 Å². The molecule has 5 heteroatoms. The smallest absolute Gasteiger partial charge is 0.238 e. The normalized spacial score (nSPS) is 21.8. The number of rotatable bonds is 2. The molecule has 1 aliphatic rings. The molecule has 0 bridgehead atoms. The van der Waals surface area contributed by atoms with E-state index in [2.05, 4.69) is 0 Å². The Balaban J connectivity index is 2.46. The summed E-state index contributed by atoms with van der Waals surface area (Å²) in [5.74, 6) is 0.152. The van der Waals surface area contributed by atoms with Crippen LogP contribution >= 0.6 is 0 Å². The molecule has 0 aliphatic carbocycles. The quantitative estimate of drug-likeness (QED) is 0.813. The van der Waals surface area contributed by atoms with Gasteiger partial charge in [-0.25, -0.2) is 13.6 Å². The van der Waals surface area contributed by atoms with Crippen LogP contribution in [-0.2, 0) is 14.8 Å². The summed E-state index contributed by atoms with van der Waals surface area (Å²) in [5, 5.41) is 5.16. The third kappa shape index (κ3) is 2.19. The molecule has 1 aromatic rings. The van der Waals surface area contributed by atoms with E-state index in [4.69, 9.17) is 9.88 Å². The lowest BCUT2D eigenvalue weighted by atomic mass is 9.99. The van der Waals surface area contributed by atoms with Gasteiger partial charge >= 0.3 is 0 Å². The van der Waals surface area contributed by atoms with Crippen molar-refractivity contribution in [3.05, 3.63) is 29.8 Å². The molecule has 1 saturated heterocycles. The Hall–Kier alpha value is -0.910. The lowest BCUT2D eigenvalue weighted by Crippen LogP contribution is -2.16. The first-order valence-corrected chi connectivity index (χ1v) is 6.33. The Bertz CT molecular complexity index is 449. The molecule has 1 unspecified atom stereocenters. The molecule has 15 heavy (non-hydrogen) atoms. The maximum atomic E-state index is 11.3. The lowest BCUT2D eigenvalue weighted by molar-refractivity contribution is 0.193. The van der Waals surface area contributed by atoms with E-state index in [1.54, 1.807) is 18.2 Å². The van der Waals surface area contributed by atoms with Crippen LogP contribution in [0.4, 0.5) is 0 Å². The topological polar surface area (TPSA) is 69.4 Å². The van der Waals surface area contributed by atoms with E-state index in [1.807, 2.05) is 6.07 Å². The highest BCUT2D eigenvalue weighted by Crippen LogP contribution is 2.29. The van der Waals surface area contributed by atoms with Gasteiger partial charge in [0.25, 0.3) is 0 Å². The van der Waals surface area contributed by atoms with Gasteiger partial charge in [-0.15, -0.1) is 0 Å². The van der Waals surface area contributed by atoms with E-state index in [-0.39, 0.29) is 10.8 Å². The number of hydrogen-bond acceptors (Lipinski definition) is 3. The summed E-state index contributed by atoms with van der Waals surface area (Å²) >= 11 is 0. The first kappa shape index (κ1) is 10.6. The van der Waals surface area contributed by atoms with Crippen LogP contribution in [0.15, 0.2) is 29.2 Å². The summed E-state index contributed by atoms with van der Waals surface area (Å²) in [4.78, 5) is 0.223. The second kappa shape index (κ2) is 3.92. The van der Waals surface area contributed by atoms with E-state index in [9.17, 15) is 8.42 Å². The maximum absolute atomic E-state index is 11.3. The third-order valence-corrected chi connectivity index (χ3v) is 3.58. The van der Waals surface area contributed by atoms with Crippen LogP contribution in [0, 0.1) is 0 Å². The fourth-order valence-electron chi connectivity index (χ4n) is 1.86. The van der Waals surface area contributed by atoms with E-state index in [1.165, 1.54) is 0 Å². The van der Waals surface area contributed by atoms with Gasteiger partial charge in [-0.05, 0) is 18.1 Å². The average molecular weight is 227 g/mol. The van der Waals surface area contributed by atoms with Gasteiger partial charge in [0.2, 0.25) is 10.0 Å². The molecule has 0 radical (unpaired) electrons. The standard InChI is InChI=1S/C10H13NO3S/c11-15(12,13)10-4-2-1-3-9(10)8-5-6-14-7-8/h1-4,8H,5-7H2,(H2,11,12,13). The van der Waals surface area contributed by atoms with Crippen LogP contribution in [0.2, 0.25) is 0 Å². The largest absolute Gasteiger partial charge is 0.381 e. The summed E-state index contributed by atoms with van der Waals surface area (Å²) in [6.07, 6.45) is 0.854. The number of hydrogen-bond donors (Lipinski definition) is 1. The highest BCUT2D eigenvalue weighted by Gasteiger charge is 2.23. The van der Waals surface area contributed by atoms with Crippen LogP contribution in [0.1, 0.15) is 17.9 Å². The fraction of sp³-hybridized carbons (Fsp3) is 0.400. The Kier molecular flexibility index (Phi) is 2.77. The van der Waals surface area contributed by atoms with Crippen molar-refractivity contribution in [3.8, 4) is 0 Å². The summed E-state index contributed by atoms with van der Waals surface area (Å²) in [5.41, 5.74) is 0.775. The first-order chi connectivity index (χ1) is 7.09. The summed E-state index contributed by atoms with van der Waals surface area (Å²) in [7, 11) is -3.63. The lowest BCUT2D eigenvalue weighted by Gasteiger charge is -2.12. The molecular formula is C10H13NO3S. The Morgan fingerprint density at radius 3 is 2.67 bits per heavy atom. The van der Waals surface area contributed by atoms with Crippen molar-refractivity contribution in [1.29, 1.82) is 0 Å². The van der Waals surface area contributed by atoms with E-state index in [0.29, 0.717) is 13.2 Å². The number of sulfonamides is 1. The minimum Gasteiger partial charge on any atom is -0.381 e. The van der Waals surface area contributed by atoms with Crippen molar-refractivity contribution in [2.24, 2.45) is 5.14 Å². The van der Waals surface area contributed by atoms with E-state index in [0.717, 1.165) is 12.0 Å². The molecule has 0 amide bonds. The second-order valence-corrected chi connectivity index (χ2v) is 5.17. The molecule has 1 heterocycles. The predicted molar refractivity (Wildman–Crippen MR) is 56.0 cm³/mol. The zero-order valence-electron chi connectivity index (χ0n) is 8.22. The number of nitrogens with two attached hydrogens (primary N) is 1. The zero-order valence-corrected chi connectivity index (χ0v) is 9.03. The van der Waals surface area contributed by atoms with Crippen LogP contribution < -0.4 is 5.14 Å². The number of ether oxygens (including phenoxy) is 1. The van der Waals surface area contributed by atoms with Crippen molar-refractivity contribution >= 4 is 10.0 Å². The average Bonchev–Trinajstić information content (AvgIpc) is 2.69. The Morgan fingerprint density at radius 2 is 2.07 bits per heavy atom. The monoisotopic (exact) mass is 227 g/mol. The van der Waals surface area contributed by atoms with Crippen molar-refractivity contribution < 1.29 is 13.2 Å². The van der Waals surface area contributed by atoms with Crippen LogP contribution in [0.5, 0.6) is 0 Å². The van der Waals surface area contributed by atoms with Crippen LogP contribution in [0.3, 0.4) is 0 Å². The molecular weight excluding hydrogens is 214 g/mol. The highest BCUT2D eigenvalue weighted by molar-refractivity contribution is 7.89. The maximum Gasteiger partial charge on any atom is 0.238 e. The third-order valence-electron chi connectivity index (χ3n) is 2.60. The van der Waals surface area contributed by atoms with Gasteiger partial charge in [-0.3, -0.25) is 0 Å². The van der Waals surface area contributed by atoms with Gasteiger partial charge in [-0.2, -0.15) is 0 Å². The molecule has 1 aromatic carbocycles. The summed E-state index contributed by atoms with van der Waals surface area (Å²) in [6, 6.07) is 6.85. The molecule has 1 fully saturated rings. The van der Waals surface area contributed by atoms with Gasteiger partial charge in [-0.1, -0.05) is 18.2 Å². The Labute approximate surface area is 89.1 Å². The molecule has 1 atom stereocenters. The fourth-order valence-corrected chi connectivity index (χ4v) is 2.69. The minimum atomic E-state index is -3.63. The molecule has 2 rings (SSSR count).